The predicted molar refractivity (Wildman–Crippen MR) is 122 cm³/mol. The van der Waals surface area contributed by atoms with E-state index in [-0.39, 0.29) is 18.2 Å². The highest BCUT2D eigenvalue weighted by Gasteiger charge is 2.26. The number of benzene rings is 2. The van der Waals surface area contributed by atoms with E-state index in [9.17, 15) is 14.9 Å². The predicted octanol–water partition coefficient (Wildman–Crippen LogP) is 4.53. The van der Waals surface area contributed by atoms with Crippen LogP contribution in [0.4, 0.5) is 5.69 Å². The maximum Gasteiger partial charge on any atom is 0.269 e. The number of carbonyl (C=O) groups excluding carboxylic acids is 1. The highest BCUT2D eigenvalue weighted by Crippen LogP contribution is 2.37. The van der Waals surface area contributed by atoms with Crippen molar-refractivity contribution >= 4 is 62.0 Å². The summed E-state index contributed by atoms with van der Waals surface area (Å²) < 4.78 is 12.7. The minimum atomic E-state index is -0.449. The first-order valence-electron chi connectivity index (χ1n) is 8.75. The molecule has 1 aliphatic rings. The number of nitrogens with zero attached hydrogens (tertiary/aromatic N) is 3. The van der Waals surface area contributed by atoms with Crippen LogP contribution in [0.5, 0.6) is 11.5 Å². The molecule has 0 N–H and O–H groups in total. The van der Waals surface area contributed by atoms with Gasteiger partial charge in [-0.25, -0.2) is 0 Å². The quantitative estimate of drug-likeness (QED) is 0.223. The molecule has 0 atom stereocenters. The maximum atomic E-state index is 11.8. The van der Waals surface area contributed by atoms with Gasteiger partial charge in [0, 0.05) is 12.1 Å². The number of thioether (sulfide) groups is 1. The molecule has 3 rings (SSSR count). The van der Waals surface area contributed by atoms with Crippen LogP contribution in [-0.4, -0.2) is 38.7 Å². The van der Waals surface area contributed by atoms with Crippen LogP contribution in [0.1, 0.15) is 18.1 Å². The summed E-state index contributed by atoms with van der Waals surface area (Å²) >= 11 is 9.87. The number of halogens is 1. The number of non-ortho nitro benzene ring substituents is 1. The molecule has 1 saturated heterocycles. The number of hydrogen-bond acceptors (Lipinski definition) is 8. The average Bonchev–Trinajstić information content (AvgIpc) is 3.04. The number of nitro benzene ring substituents is 1. The second-order valence-corrected chi connectivity index (χ2v) is 8.44. The zero-order valence-electron chi connectivity index (χ0n) is 15.7. The summed E-state index contributed by atoms with van der Waals surface area (Å²) in [5.74, 6) is 1.13. The standard InChI is InChI=1S/C19H16BrN3O5S2/c1-2-27-16-8-13(9-21-22-17(24)11-30-19(22)29)7-15(20)18(16)28-10-12-3-5-14(6-4-12)23(25)26/h3-9H,2,10-11H2,1H3/b21-9+. The summed E-state index contributed by atoms with van der Waals surface area (Å²) in [6.45, 7) is 2.48. The number of hydrazone groups is 1. The minimum absolute atomic E-state index is 0.0212. The molecule has 11 heteroatoms. The van der Waals surface area contributed by atoms with Gasteiger partial charge < -0.3 is 9.47 Å². The molecule has 0 unspecified atom stereocenters. The largest absolute Gasteiger partial charge is 0.490 e. The second kappa shape index (κ2) is 10.0. The molecule has 8 nitrogen and oxygen atoms in total. The third-order valence-corrected chi connectivity index (χ3v) is 5.84. The molecular weight excluding hydrogens is 494 g/mol. The first-order valence-corrected chi connectivity index (χ1v) is 10.9. The van der Waals surface area contributed by atoms with Crippen molar-refractivity contribution in [1.82, 2.24) is 5.01 Å². The van der Waals surface area contributed by atoms with Crippen LogP contribution in [0.15, 0.2) is 46.0 Å². The fraction of sp³-hybridized carbons (Fsp3) is 0.211. The summed E-state index contributed by atoms with van der Waals surface area (Å²) in [4.78, 5) is 22.1. The Morgan fingerprint density at radius 3 is 2.67 bits per heavy atom. The molecule has 156 valence electrons. The second-order valence-electron chi connectivity index (χ2n) is 5.98. The summed E-state index contributed by atoms with van der Waals surface area (Å²) in [6.07, 6.45) is 1.53. The fourth-order valence-electron chi connectivity index (χ4n) is 2.52. The first-order chi connectivity index (χ1) is 14.4. The van der Waals surface area contributed by atoms with Crippen molar-refractivity contribution in [1.29, 1.82) is 0 Å². The summed E-state index contributed by atoms with van der Waals surface area (Å²) in [7, 11) is 0. The lowest BCUT2D eigenvalue weighted by atomic mass is 10.2. The van der Waals surface area contributed by atoms with Crippen molar-refractivity contribution in [3.05, 3.63) is 62.1 Å². The van der Waals surface area contributed by atoms with E-state index >= 15 is 0 Å². The van der Waals surface area contributed by atoms with Gasteiger partial charge in [0.25, 0.3) is 11.6 Å². The molecule has 1 aliphatic heterocycles. The van der Waals surface area contributed by atoms with Crippen LogP contribution in [0.3, 0.4) is 0 Å². The van der Waals surface area contributed by atoms with Gasteiger partial charge in [0.15, 0.2) is 15.8 Å². The fourth-order valence-corrected chi connectivity index (χ4v) is 4.06. The van der Waals surface area contributed by atoms with E-state index < -0.39 is 4.92 Å². The maximum absolute atomic E-state index is 11.8. The molecule has 1 fully saturated rings. The topological polar surface area (TPSA) is 94.3 Å². The third kappa shape index (κ3) is 5.35. The van der Waals surface area contributed by atoms with Gasteiger partial charge in [-0.1, -0.05) is 24.0 Å². The lowest BCUT2D eigenvalue weighted by Gasteiger charge is -2.15. The molecule has 0 bridgehead atoms. The number of hydrogen-bond donors (Lipinski definition) is 0. The Hall–Kier alpha value is -2.50. The molecule has 0 saturated carbocycles. The Morgan fingerprint density at radius 2 is 2.07 bits per heavy atom. The van der Waals surface area contributed by atoms with Gasteiger partial charge in [0.05, 0.1) is 28.0 Å². The number of rotatable bonds is 8. The number of nitro groups is 1. The molecule has 2 aromatic carbocycles. The van der Waals surface area contributed by atoms with Crippen LogP contribution in [0.25, 0.3) is 0 Å². The van der Waals surface area contributed by atoms with E-state index in [0.29, 0.717) is 38.2 Å². The Bertz CT molecular complexity index is 998. The van der Waals surface area contributed by atoms with Crippen LogP contribution in [0.2, 0.25) is 0 Å². The zero-order valence-corrected chi connectivity index (χ0v) is 19.0. The van der Waals surface area contributed by atoms with Crippen molar-refractivity contribution in [2.24, 2.45) is 5.10 Å². The molecule has 0 spiro atoms. The molecule has 0 aliphatic carbocycles. The van der Waals surface area contributed by atoms with Crippen LogP contribution < -0.4 is 9.47 Å². The zero-order chi connectivity index (χ0) is 21.7. The summed E-state index contributed by atoms with van der Waals surface area (Å²) in [5, 5.41) is 16.1. The average molecular weight is 510 g/mol. The third-order valence-electron chi connectivity index (χ3n) is 3.91. The van der Waals surface area contributed by atoms with Gasteiger partial charge in [-0.15, -0.1) is 0 Å². The molecule has 0 radical (unpaired) electrons. The van der Waals surface area contributed by atoms with Crippen molar-refractivity contribution in [2.75, 3.05) is 12.4 Å². The molecule has 1 amide bonds. The van der Waals surface area contributed by atoms with Gasteiger partial charge in [-0.05, 0) is 58.2 Å². The Kier molecular flexibility index (Phi) is 7.40. The number of thiocarbonyl (C=S) groups is 1. The van der Waals surface area contributed by atoms with Crippen molar-refractivity contribution in [3.63, 3.8) is 0 Å². The highest BCUT2D eigenvalue weighted by atomic mass is 79.9. The Labute approximate surface area is 190 Å². The molecule has 2 aromatic rings. The van der Waals surface area contributed by atoms with Gasteiger partial charge >= 0.3 is 0 Å². The Balaban J connectivity index is 1.78. The van der Waals surface area contributed by atoms with E-state index in [0.717, 1.165) is 5.56 Å². The highest BCUT2D eigenvalue weighted by molar-refractivity contribution is 9.10. The van der Waals surface area contributed by atoms with Gasteiger partial charge in [0.1, 0.15) is 6.61 Å². The van der Waals surface area contributed by atoms with Crippen LogP contribution >= 0.6 is 39.9 Å². The SMILES string of the molecule is CCOc1cc(/C=N/N2C(=O)CSC2=S)cc(Br)c1OCc1ccc([N+](=O)[O-])cc1. The van der Waals surface area contributed by atoms with Crippen LogP contribution in [0, 0.1) is 10.1 Å². The van der Waals surface area contributed by atoms with E-state index in [4.69, 9.17) is 21.7 Å². The molecule has 0 aromatic heterocycles. The lowest BCUT2D eigenvalue weighted by molar-refractivity contribution is -0.384. The van der Waals surface area contributed by atoms with E-state index in [2.05, 4.69) is 21.0 Å². The van der Waals surface area contributed by atoms with Crippen LogP contribution in [-0.2, 0) is 11.4 Å². The summed E-state index contributed by atoms with van der Waals surface area (Å²) in [5.41, 5.74) is 1.49. The molecule has 1 heterocycles. The van der Waals surface area contributed by atoms with Gasteiger partial charge in [-0.2, -0.15) is 10.1 Å². The first kappa shape index (κ1) is 22.2. The molecule has 30 heavy (non-hydrogen) atoms. The number of carbonyl (C=O) groups is 1. The van der Waals surface area contributed by atoms with Gasteiger partial charge in [0.2, 0.25) is 0 Å². The smallest absolute Gasteiger partial charge is 0.269 e. The summed E-state index contributed by atoms with van der Waals surface area (Å²) in [6, 6.07) is 9.68. The minimum Gasteiger partial charge on any atom is -0.490 e. The van der Waals surface area contributed by atoms with Crippen molar-refractivity contribution in [2.45, 2.75) is 13.5 Å². The van der Waals surface area contributed by atoms with E-state index in [1.54, 1.807) is 24.3 Å². The lowest BCUT2D eigenvalue weighted by Crippen LogP contribution is -2.22. The normalized spacial score (nSPS) is 13.9. The number of amides is 1. The monoisotopic (exact) mass is 509 g/mol. The molecular formula is C19H16BrN3O5S2. The van der Waals surface area contributed by atoms with E-state index in [1.807, 2.05) is 6.92 Å². The van der Waals surface area contributed by atoms with E-state index in [1.165, 1.54) is 35.1 Å². The van der Waals surface area contributed by atoms with Crippen molar-refractivity contribution in [3.8, 4) is 11.5 Å². The Morgan fingerprint density at radius 1 is 1.33 bits per heavy atom. The number of ether oxygens (including phenoxy) is 2. The van der Waals surface area contributed by atoms with Gasteiger partial charge in [-0.3, -0.25) is 14.9 Å². The van der Waals surface area contributed by atoms with Crippen molar-refractivity contribution < 1.29 is 19.2 Å².